The van der Waals surface area contributed by atoms with Crippen LogP contribution in [0, 0.1) is 0 Å². The second kappa shape index (κ2) is 9.31. The third-order valence-corrected chi connectivity index (χ3v) is 5.19. The second-order valence-corrected chi connectivity index (χ2v) is 7.43. The standard InChI is InChI=1S/C24H28N6/c1-25-24(26-16-20-9-8-12-23(15-20)29-13-6-7-14-29)28(2)18-21-17-27-30(19-21)22-10-4-3-5-11-22/h3-12,15,17,19H,13-14,16,18H2,1-2H3,(H,25,26). The van der Waals surface area contributed by atoms with Crippen LogP contribution in [0.4, 0.5) is 5.69 Å². The molecule has 30 heavy (non-hydrogen) atoms. The van der Waals surface area contributed by atoms with Crippen LogP contribution in [0.1, 0.15) is 11.1 Å². The Bertz CT molecular complexity index is 1010. The number of para-hydroxylation sites is 1. The minimum absolute atomic E-state index is 0.728. The molecule has 0 amide bonds. The Hall–Kier alpha value is -3.54. The molecule has 2 aromatic carbocycles. The SMILES string of the molecule is CN=C(NCc1cccc(N2CC=CC2)c1)N(C)Cc1cnn(-c2ccccc2)c1. The van der Waals surface area contributed by atoms with E-state index in [9.17, 15) is 0 Å². The van der Waals surface area contributed by atoms with Crippen molar-refractivity contribution in [3.8, 4) is 5.69 Å². The number of anilines is 1. The summed E-state index contributed by atoms with van der Waals surface area (Å²) >= 11 is 0. The van der Waals surface area contributed by atoms with Crippen LogP contribution in [-0.2, 0) is 13.1 Å². The van der Waals surface area contributed by atoms with Crippen molar-refractivity contribution >= 4 is 11.6 Å². The topological polar surface area (TPSA) is 48.7 Å². The van der Waals surface area contributed by atoms with Crippen LogP contribution in [0.15, 0.2) is 84.1 Å². The number of guanidine groups is 1. The van der Waals surface area contributed by atoms with Crippen molar-refractivity contribution in [2.75, 3.05) is 32.1 Å². The van der Waals surface area contributed by atoms with Gasteiger partial charge in [-0.2, -0.15) is 5.10 Å². The molecule has 0 atom stereocenters. The van der Waals surface area contributed by atoms with Crippen molar-refractivity contribution in [3.05, 3.63) is 90.3 Å². The fourth-order valence-electron chi connectivity index (χ4n) is 3.63. The highest BCUT2D eigenvalue weighted by Gasteiger charge is 2.11. The fraction of sp³-hybridized carbons (Fsp3) is 0.250. The first-order valence-corrected chi connectivity index (χ1v) is 10.2. The third-order valence-electron chi connectivity index (χ3n) is 5.19. The first-order valence-electron chi connectivity index (χ1n) is 10.2. The van der Waals surface area contributed by atoms with Crippen molar-refractivity contribution in [2.45, 2.75) is 13.1 Å². The lowest BCUT2D eigenvalue weighted by atomic mass is 10.2. The van der Waals surface area contributed by atoms with E-state index < -0.39 is 0 Å². The highest BCUT2D eigenvalue weighted by atomic mass is 15.3. The van der Waals surface area contributed by atoms with E-state index in [0.29, 0.717) is 0 Å². The van der Waals surface area contributed by atoms with Crippen molar-refractivity contribution in [1.82, 2.24) is 20.0 Å². The first kappa shape index (κ1) is 19.8. The van der Waals surface area contributed by atoms with E-state index in [1.165, 1.54) is 11.3 Å². The normalized spacial score (nSPS) is 13.7. The maximum Gasteiger partial charge on any atom is 0.193 e. The Morgan fingerprint density at radius 3 is 2.57 bits per heavy atom. The summed E-state index contributed by atoms with van der Waals surface area (Å²) in [6.07, 6.45) is 8.39. The molecule has 4 rings (SSSR count). The smallest absolute Gasteiger partial charge is 0.193 e. The molecule has 0 saturated heterocycles. The van der Waals surface area contributed by atoms with Crippen LogP contribution in [0.2, 0.25) is 0 Å². The Morgan fingerprint density at radius 2 is 1.80 bits per heavy atom. The number of aromatic nitrogens is 2. The van der Waals surface area contributed by atoms with Gasteiger partial charge in [-0.25, -0.2) is 4.68 Å². The minimum atomic E-state index is 0.728. The molecule has 1 aliphatic rings. The molecule has 2 heterocycles. The van der Waals surface area contributed by atoms with Crippen LogP contribution < -0.4 is 10.2 Å². The van der Waals surface area contributed by atoms with Crippen LogP contribution in [0.25, 0.3) is 5.69 Å². The van der Waals surface area contributed by atoms with E-state index in [4.69, 9.17) is 0 Å². The zero-order chi connectivity index (χ0) is 20.8. The van der Waals surface area contributed by atoms with Gasteiger partial charge >= 0.3 is 0 Å². The number of hydrogen-bond acceptors (Lipinski definition) is 3. The van der Waals surface area contributed by atoms with Gasteiger partial charge in [0.25, 0.3) is 0 Å². The highest BCUT2D eigenvalue weighted by Crippen LogP contribution is 2.18. The monoisotopic (exact) mass is 400 g/mol. The van der Waals surface area contributed by atoms with Gasteiger partial charge in [0.15, 0.2) is 5.96 Å². The Kier molecular flexibility index (Phi) is 6.13. The Morgan fingerprint density at radius 1 is 1.03 bits per heavy atom. The van der Waals surface area contributed by atoms with E-state index in [2.05, 4.69) is 67.8 Å². The van der Waals surface area contributed by atoms with E-state index in [0.717, 1.165) is 43.4 Å². The number of benzene rings is 2. The number of aliphatic imine (C=N–C) groups is 1. The lowest BCUT2D eigenvalue weighted by Crippen LogP contribution is -2.38. The summed E-state index contributed by atoms with van der Waals surface area (Å²) in [5.74, 6) is 0.857. The molecule has 0 saturated carbocycles. The summed E-state index contributed by atoms with van der Waals surface area (Å²) in [6, 6.07) is 18.8. The molecule has 0 fully saturated rings. The molecule has 0 spiro atoms. The summed E-state index contributed by atoms with van der Waals surface area (Å²) in [5.41, 5.74) is 4.69. The highest BCUT2D eigenvalue weighted by molar-refractivity contribution is 5.79. The molecule has 0 unspecified atom stereocenters. The fourth-order valence-corrected chi connectivity index (χ4v) is 3.63. The summed E-state index contributed by atoms with van der Waals surface area (Å²) in [4.78, 5) is 8.92. The maximum atomic E-state index is 4.49. The average Bonchev–Trinajstić information content (AvgIpc) is 3.48. The average molecular weight is 401 g/mol. The zero-order valence-electron chi connectivity index (χ0n) is 17.6. The molecular weight excluding hydrogens is 372 g/mol. The van der Waals surface area contributed by atoms with Gasteiger partial charge in [-0.3, -0.25) is 4.99 Å². The van der Waals surface area contributed by atoms with E-state index in [1.54, 1.807) is 0 Å². The zero-order valence-corrected chi connectivity index (χ0v) is 17.6. The second-order valence-electron chi connectivity index (χ2n) is 7.43. The molecule has 6 nitrogen and oxygen atoms in total. The van der Waals surface area contributed by atoms with Gasteiger partial charge in [0.05, 0.1) is 11.9 Å². The molecule has 1 aromatic heterocycles. The van der Waals surface area contributed by atoms with Gasteiger partial charge in [0.2, 0.25) is 0 Å². The largest absolute Gasteiger partial charge is 0.364 e. The molecule has 1 N–H and O–H groups in total. The molecule has 1 aliphatic heterocycles. The van der Waals surface area contributed by atoms with E-state index in [1.807, 2.05) is 55.3 Å². The van der Waals surface area contributed by atoms with Crippen LogP contribution in [-0.4, -0.2) is 47.8 Å². The minimum Gasteiger partial charge on any atom is -0.364 e. The molecule has 3 aromatic rings. The van der Waals surface area contributed by atoms with Gasteiger partial charge < -0.3 is 15.1 Å². The van der Waals surface area contributed by atoms with Gasteiger partial charge in [-0.05, 0) is 29.8 Å². The molecular formula is C24H28N6. The summed E-state index contributed by atoms with van der Waals surface area (Å²) < 4.78 is 1.90. The molecule has 0 radical (unpaired) electrons. The number of hydrogen-bond donors (Lipinski definition) is 1. The molecule has 0 bridgehead atoms. The third kappa shape index (κ3) is 4.71. The number of nitrogens with one attached hydrogen (secondary N) is 1. The van der Waals surface area contributed by atoms with Gasteiger partial charge in [-0.1, -0.05) is 42.5 Å². The summed E-state index contributed by atoms with van der Waals surface area (Å²) in [6.45, 7) is 3.43. The molecule has 0 aliphatic carbocycles. The van der Waals surface area contributed by atoms with Gasteiger partial charge in [-0.15, -0.1) is 0 Å². The van der Waals surface area contributed by atoms with E-state index in [-0.39, 0.29) is 0 Å². The van der Waals surface area contributed by atoms with Crippen LogP contribution in [0.3, 0.4) is 0 Å². The van der Waals surface area contributed by atoms with E-state index >= 15 is 0 Å². The molecule has 154 valence electrons. The Balaban J connectivity index is 1.35. The van der Waals surface area contributed by atoms with Gasteiger partial charge in [0, 0.05) is 57.7 Å². The first-order chi connectivity index (χ1) is 14.7. The van der Waals surface area contributed by atoms with Gasteiger partial charge in [0.1, 0.15) is 0 Å². The molecule has 6 heteroatoms. The van der Waals surface area contributed by atoms with Crippen LogP contribution >= 0.6 is 0 Å². The quantitative estimate of drug-likeness (QED) is 0.391. The summed E-state index contributed by atoms with van der Waals surface area (Å²) in [5, 5.41) is 7.96. The van der Waals surface area contributed by atoms with Crippen molar-refractivity contribution in [1.29, 1.82) is 0 Å². The predicted octanol–water partition coefficient (Wildman–Crippen LogP) is 3.46. The maximum absolute atomic E-state index is 4.49. The lowest BCUT2D eigenvalue weighted by molar-refractivity contribution is 0.476. The summed E-state index contributed by atoms with van der Waals surface area (Å²) in [7, 11) is 3.86. The number of nitrogens with zero attached hydrogens (tertiary/aromatic N) is 5. The van der Waals surface area contributed by atoms with Crippen LogP contribution in [0.5, 0.6) is 0 Å². The predicted molar refractivity (Wildman–Crippen MR) is 123 cm³/mol. The van der Waals surface area contributed by atoms with Crippen molar-refractivity contribution in [3.63, 3.8) is 0 Å². The number of rotatable bonds is 6. The van der Waals surface area contributed by atoms with Crippen molar-refractivity contribution < 1.29 is 0 Å². The Labute approximate surface area is 178 Å². The lowest BCUT2D eigenvalue weighted by Gasteiger charge is -2.22. The van der Waals surface area contributed by atoms with Crippen molar-refractivity contribution in [2.24, 2.45) is 4.99 Å².